The number of hydrogen-bond acceptors (Lipinski definition) is 5. The molecule has 24 heavy (non-hydrogen) atoms. The molecule has 4 N–H and O–H groups in total. The van der Waals surface area contributed by atoms with Gasteiger partial charge in [0, 0.05) is 4.88 Å². The highest BCUT2D eigenvalue weighted by Crippen LogP contribution is 2.44. The zero-order valence-electron chi connectivity index (χ0n) is 13.3. The number of carbonyl (C=O) groups excluding carboxylic acids is 2. The summed E-state index contributed by atoms with van der Waals surface area (Å²) < 4.78 is 5.61. The maximum Gasteiger partial charge on any atom is 0.310 e. The minimum Gasteiger partial charge on any atom is -0.481 e. The molecule has 0 radical (unpaired) electrons. The van der Waals surface area contributed by atoms with Crippen LogP contribution in [0.15, 0.2) is 6.07 Å². The van der Waals surface area contributed by atoms with Gasteiger partial charge >= 0.3 is 5.97 Å². The Labute approximate surface area is 143 Å². The van der Waals surface area contributed by atoms with Crippen molar-refractivity contribution in [1.29, 1.82) is 0 Å². The number of carboxylic acid groups (broad SMARTS) is 1. The van der Waals surface area contributed by atoms with Gasteiger partial charge in [0.15, 0.2) is 0 Å². The van der Waals surface area contributed by atoms with E-state index in [1.54, 1.807) is 6.07 Å². The number of aryl methyl sites for hydroxylation is 1. The topological polar surface area (TPSA) is 119 Å². The van der Waals surface area contributed by atoms with Gasteiger partial charge in [-0.3, -0.25) is 14.4 Å². The number of primary amides is 1. The third-order valence-electron chi connectivity index (χ3n) is 4.64. The second-order valence-corrected chi connectivity index (χ2v) is 7.38. The first-order chi connectivity index (χ1) is 11.4. The van der Waals surface area contributed by atoms with Crippen LogP contribution in [0.1, 0.15) is 41.4 Å². The summed E-state index contributed by atoms with van der Waals surface area (Å²) in [4.78, 5) is 36.7. The number of hydrogen-bond donors (Lipinski definition) is 3. The summed E-state index contributed by atoms with van der Waals surface area (Å²) in [6, 6.07) is 1.69. The number of carboxylic acids is 1. The van der Waals surface area contributed by atoms with Crippen LogP contribution in [0.4, 0.5) is 5.00 Å². The van der Waals surface area contributed by atoms with Crippen molar-refractivity contribution in [2.24, 2.45) is 17.6 Å². The molecule has 0 unspecified atom stereocenters. The Balaban J connectivity index is 1.82. The summed E-state index contributed by atoms with van der Waals surface area (Å²) in [5.41, 5.74) is 5.66. The molecule has 2 fully saturated rings. The van der Waals surface area contributed by atoms with Gasteiger partial charge in [-0.15, -0.1) is 11.3 Å². The van der Waals surface area contributed by atoms with E-state index in [9.17, 15) is 19.5 Å². The molecular weight excluding hydrogens is 332 g/mol. The molecule has 1 aromatic rings. The van der Waals surface area contributed by atoms with E-state index in [2.05, 4.69) is 5.32 Å². The first-order valence-electron chi connectivity index (χ1n) is 8.04. The van der Waals surface area contributed by atoms with Crippen LogP contribution in [0.3, 0.4) is 0 Å². The summed E-state index contributed by atoms with van der Waals surface area (Å²) in [7, 11) is 0. The van der Waals surface area contributed by atoms with Crippen LogP contribution in [0.2, 0.25) is 0 Å². The maximum atomic E-state index is 12.7. The molecule has 2 aliphatic heterocycles. The summed E-state index contributed by atoms with van der Waals surface area (Å²) in [5, 5.41) is 12.5. The molecule has 4 atom stereocenters. The third kappa shape index (κ3) is 2.91. The minimum atomic E-state index is -1.02. The second kappa shape index (κ2) is 6.52. The number of anilines is 1. The average Bonchev–Trinajstić information content (AvgIpc) is 3.20. The Bertz CT molecular complexity index is 686. The third-order valence-corrected chi connectivity index (χ3v) is 5.75. The smallest absolute Gasteiger partial charge is 0.310 e. The van der Waals surface area contributed by atoms with Crippen LogP contribution in [0.5, 0.6) is 0 Å². The zero-order chi connectivity index (χ0) is 17.4. The maximum absolute atomic E-state index is 12.7. The van der Waals surface area contributed by atoms with Crippen molar-refractivity contribution in [1.82, 2.24) is 0 Å². The van der Waals surface area contributed by atoms with Crippen molar-refractivity contribution in [3.8, 4) is 0 Å². The quantitative estimate of drug-likeness (QED) is 0.719. The van der Waals surface area contributed by atoms with E-state index in [1.165, 1.54) is 11.3 Å². The highest BCUT2D eigenvalue weighted by atomic mass is 32.1. The fourth-order valence-electron chi connectivity index (χ4n) is 3.61. The lowest BCUT2D eigenvalue weighted by atomic mass is 9.79. The van der Waals surface area contributed by atoms with Gasteiger partial charge in [-0.1, -0.05) is 13.3 Å². The number of fused-ring (bicyclic) bond motifs is 2. The van der Waals surface area contributed by atoms with Crippen LogP contribution in [0, 0.1) is 11.8 Å². The Morgan fingerprint density at radius 1 is 1.33 bits per heavy atom. The highest BCUT2D eigenvalue weighted by molar-refractivity contribution is 7.16. The monoisotopic (exact) mass is 352 g/mol. The molecule has 7 nitrogen and oxygen atoms in total. The number of amides is 2. The molecule has 0 aromatic carbocycles. The number of nitrogens with one attached hydrogen (secondary N) is 1. The van der Waals surface area contributed by atoms with E-state index >= 15 is 0 Å². The van der Waals surface area contributed by atoms with E-state index in [4.69, 9.17) is 10.5 Å². The molecule has 130 valence electrons. The van der Waals surface area contributed by atoms with E-state index < -0.39 is 35.7 Å². The summed E-state index contributed by atoms with van der Waals surface area (Å²) in [6.07, 6.45) is 2.27. The molecule has 0 saturated carbocycles. The molecule has 2 bridgehead atoms. The zero-order valence-corrected chi connectivity index (χ0v) is 14.1. The highest BCUT2D eigenvalue weighted by Gasteiger charge is 2.55. The molecule has 2 saturated heterocycles. The fraction of sp³-hybridized carbons (Fsp3) is 0.562. The van der Waals surface area contributed by atoms with E-state index in [-0.39, 0.29) is 11.7 Å². The number of ether oxygens (including phenoxy) is 1. The minimum absolute atomic E-state index is 0.271. The van der Waals surface area contributed by atoms with Crippen LogP contribution in [0.25, 0.3) is 0 Å². The first kappa shape index (κ1) is 16.9. The number of rotatable bonds is 6. The molecule has 3 rings (SSSR count). The van der Waals surface area contributed by atoms with Crippen molar-refractivity contribution < 1.29 is 24.2 Å². The van der Waals surface area contributed by atoms with Crippen LogP contribution in [-0.4, -0.2) is 35.1 Å². The molecule has 1 aromatic heterocycles. The Morgan fingerprint density at radius 2 is 2.00 bits per heavy atom. The van der Waals surface area contributed by atoms with Gasteiger partial charge in [0.2, 0.25) is 5.91 Å². The van der Waals surface area contributed by atoms with Crippen LogP contribution in [-0.2, 0) is 20.7 Å². The second-order valence-electron chi connectivity index (χ2n) is 6.24. The lowest BCUT2D eigenvalue weighted by Crippen LogP contribution is -2.41. The number of aliphatic carboxylic acids is 1. The van der Waals surface area contributed by atoms with Gasteiger partial charge in [-0.2, -0.15) is 0 Å². The SMILES string of the molecule is CCCc1cc(C(N)=O)c(NC(=O)[C@H]2[C@H](C(=O)O)[C@H]3CC[C@H]2O3)s1. The predicted molar refractivity (Wildman–Crippen MR) is 88.0 cm³/mol. The molecule has 2 aliphatic rings. The van der Waals surface area contributed by atoms with Gasteiger partial charge in [0.1, 0.15) is 5.00 Å². The van der Waals surface area contributed by atoms with E-state index in [1.807, 2.05) is 6.92 Å². The molecule has 3 heterocycles. The molecular formula is C16H20N2O5S. The lowest BCUT2D eigenvalue weighted by Gasteiger charge is -2.23. The van der Waals surface area contributed by atoms with Gasteiger partial charge in [-0.05, 0) is 25.3 Å². The fourth-order valence-corrected chi connectivity index (χ4v) is 4.77. The lowest BCUT2D eigenvalue weighted by molar-refractivity contribution is -0.147. The Hall–Kier alpha value is -1.93. The van der Waals surface area contributed by atoms with Gasteiger partial charge in [-0.25, -0.2) is 0 Å². The predicted octanol–water partition coefficient (Wildman–Crippen LogP) is 1.62. The van der Waals surface area contributed by atoms with Crippen LogP contribution >= 0.6 is 11.3 Å². The van der Waals surface area contributed by atoms with Gasteiger partial charge in [0.05, 0.1) is 29.6 Å². The molecule has 0 spiro atoms. The van der Waals surface area contributed by atoms with Gasteiger partial charge < -0.3 is 20.9 Å². The van der Waals surface area contributed by atoms with Crippen molar-refractivity contribution in [3.05, 3.63) is 16.5 Å². The Kier molecular flexibility index (Phi) is 4.60. The first-order valence-corrected chi connectivity index (χ1v) is 8.85. The number of thiophene rings is 1. The van der Waals surface area contributed by atoms with Crippen molar-refractivity contribution in [2.45, 2.75) is 44.8 Å². The summed E-state index contributed by atoms with van der Waals surface area (Å²) >= 11 is 1.31. The Morgan fingerprint density at radius 3 is 2.58 bits per heavy atom. The summed E-state index contributed by atoms with van der Waals surface area (Å²) in [6.45, 7) is 2.02. The van der Waals surface area contributed by atoms with Crippen molar-refractivity contribution in [3.63, 3.8) is 0 Å². The summed E-state index contributed by atoms with van der Waals surface area (Å²) in [5.74, 6) is -3.62. The largest absolute Gasteiger partial charge is 0.481 e. The standard InChI is InChI=1S/C16H20N2O5S/c1-2-3-7-6-8(13(17)19)15(24-7)18-14(20)11-9-4-5-10(23-9)12(11)16(21)22/h6,9-12H,2-5H2,1H3,(H2,17,19)(H,18,20)(H,21,22)/t9-,10-,11-,12-/m1/s1. The van der Waals surface area contributed by atoms with E-state index in [0.29, 0.717) is 17.8 Å². The normalized spacial score (nSPS) is 28.0. The molecule has 2 amide bonds. The number of nitrogens with two attached hydrogens (primary N) is 1. The number of carbonyl (C=O) groups is 3. The molecule has 0 aliphatic carbocycles. The van der Waals surface area contributed by atoms with Crippen molar-refractivity contribution >= 4 is 34.1 Å². The van der Waals surface area contributed by atoms with Crippen molar-refractivity contribution in [2.75, 3.05) is 5.32 Å². The van der Waals surface area contributed by atoms with Crippen LogP contribution < -0.4 is 11.1 Å². The van der Waals surface area contributed by atoms with Gasteiger partial charge in [0.25, 0.3) is 5.91 Å². The average molecular weight is 352 g/mol. The van der Waals surface area contributed by atoms with E-state index in [0.717, 1.165) is 17.7 Å². The molecule has 8 heteroatoms.